The van der Waals surface area contributed by atoms with Crippen LogP contribution >= 0.6 is 0 Å². The second-order valence-electron chi connectivity index (χ2n) is 2.29. The Kier molecular flexibility index (Phi) is 3.33. The molecular formula is C5H8N2O6. The van der Waals surface area contributed by atoms with E-state index in [0.29, 0.717) is 0 Å². The molecule has 0 heterocycles. The summed E-state index contributed by atoms with van der Waals surface area (Å²) in [5.41, 5.74) is 3.28. The fraction of sp³-hybridized carbons (Fsp3) is 0.400. The predicted molar refractivity (Wildman–Crippen MR) is 36.7 cm³/mol. The van der Waals surface area contributed by atoms with Crippen molar-refractivity contribution in [1.29, 1.82) is 0 Å². The van der Waals surface area contributed by atoms with Gasteiger partial charge in [-0.15, -0.1) is 0 Å². The fourth-order valence-corrected chi connectivity index (χ4v) is 0.591. The molecule has 0 aliphatic carbocycles. The van der Waals surface area contributed by atoms with Crippen LogP contribution in [0.1, 0.15) is 6.42 Å². The van der Waals surface area contributed by atoms with Gasteiger partial charge in [-0.05, 0) is 0 Å². The molecule has 0 aromatic heterocycles. The molecule has 13 heavy (non-hydrogen) atoms. The zero-order chi connectivity index (χ0) is 10.6. The molecule has 0 aromatic rings. The van der Waals surface area contributed by atoms with Gasteiger partial charge in [0, 0.05) is 0 Å². The maximum atomic E-state index is 10.7. The van der Waals surface area contributed by atoms with Gasteiger partial charge in [0.15, 0.2) is 0 Å². The minimum Gasteiger partial charge on any atom is -0.481 e. The maximum Gasteiger partial charge on any atom is 0.334 e. The van der Waals surface area contributed by atoms with Crippen LogP contribution < -0.4 is 11.2 Å². The van der Waals surface area contributed by atoms with Crippen LogP contribution in [0.3, 0.4) is 0 Å². The van der Waals surface area contributed by atoms with Crippen LogP contribution in [0, 0.1) is 0 Å². The minimum absolute atomic E-state index is 0.984. The van der Waals surface area contributed by atoms with Crippen molar-refractivity contribution in [3.05, 3.63) is 0 Å². The average molecular weight is 192 g/mol. The molecule has 8 heteroatoms. The number of hydroxylamine groups is 1. The van der Waals surface area contributed by atoms with E-state index in [4.69, 9.17) is 21.2 Å². The van der Waals surface area contributed by atoms with Crippen molar-refractivity contribution in [1.82, 2.24) is 5.48 Å². The first-order valence-corrected chi connectivity index (χ1v) is 3.03. The Morgan fingerprint density at radius 1 is 1.31 bits per heavy atom. The lowest BCUT2D eigenvalue weighted by molar-refractivity contribution is -0.157. The summed E-state index contributed by atoms with van der Waals surface area (Å²) in [7, 11) is 0. The van der Waals surface area contributed by atoms with Crippen LogP contribution in [0.15, 0.2) is 0 Å². The quantitative estimate of drug-likeness (QED) is 0.192. The highest BCUT2D eigenvalue weighted by Gasteiger charge is 2.44. The highest BCUT2D eigenvalue weighted by molar-refractivity contribution is 6.08. The smallest absolute Gasteiger partial charge is 0.334 e. The van der Waals surface area contributed by atoms with E-state index in [0.717, 1.165) is 5.48 Å². The summed E-state index contributed by atoms with van der Waals surface area (Å²) < 4.78 is 0. The van der Waals surface area contributed by atoms with E-state index in [9.17, 15) is 14.4 Å². The molecule has 1 amide bonds. The molecular weight excluding hydrogens is 184 g/mol. The minimum atomic E-state index is -2.65. The number of rotatable bonds is 4. The van der Waals surface area contributed by atoms with Crippen LogP contribution in [0.2, 0.25) is 0 Å². The molecule has 8 nitrogen and oxygen atoms in total. The summed E-state index contributed by atoms with van der Waals surface area (Å²) in [6.07, 6.45) is -1.12. The highest BCUT2D eigenvalue weighted by atomic mass is 16.5. The largest absolute Gasteiger partial charge is 0.481 e. The van der Waals surface area contributed by atoms with Gasteiger partial charge >= 0.3 is 11.9 Å². The SMILES string of the molecule is NC(CC(=O)O)(C(=O)O)C(=O)NO. The summed E-state index contributed by atoms with van der Waals surface area (Å²) in [6, 6.07) is 0. The van der Waals surface area contributed by atoms with Gasteiger partial charge in [-0.3, -0.25) is 14.8 Å². The van der Waals surface area contributed by atoms with Crippen molar-refractivity contribution < 1.29 is 29.8 Å². The molecule has 0 saturated carbocycles. The monoisotopic (exact) mass is 192 g/mol. The molecule has 1 unspecified atom stereocenters. The number of nitrogens with two attached hydrogens (primary N) is 1. The number of aliphatic carboxylic acids is 2. The molecule has 0 bridgehead atoms. The summed E-state index contributed by atoms with van der Waals surface area (Å²) in [5.74, 6) is -4.88. The molecule has 0 spiro atoms. The van der Waals surface area contributed by atoms with Gasteiger partial charge < -0.3 is 15.9 Å². The third-order valence-electron chi connectivity index (χ3n) is 1.32. The third kappa shape index (κ3) is 2.39. The number of hydrogen-bond donors (Lipinski definition) is 5. The van der Waals surface area contributed by atoms with Gasteiger partial charge in [-0.2, -0.15) is 0 Å². The van der Waals surface area contributed by atoms with E-state index < -0.39 is 29.8 Å². The Morgan fingerprint density at radius 3 is 2.00 bits per heavy atom. The Hall–Kier alpha value is -1.67. The molecule has 1 atom stereocenters. The topological polar surface area (TPSA) is 150 Å². The number of nitrogens with one attached hydrogen (secondary N) is 1. The lowest BCUT2D eigenvalue weighted by Crippen LogP contribution is -2.60. The van der Waals surface area contributed by atoms with Gasteiger partial charge in [0.05, 0.1) is 6.42 Å². The lowest BCUT2D eigenvalue weighted by atomic mass is 9.96. The molecule has 0 saturated heterocycles. The number of hydrogen-bond acceptors (Lipinski definition) is 5. The van der Waals surface area contributed by atoms with E-state index in [-0.39, 0.29) is 0 Å². The Labute approximate surface area is 71.9 Å². The number of carboxylic acid groups (broad SMARTS) is 2. The highest BCUT2D eigenvalue weighted by Crippen LogP contribution is 2.07. The number of amides is 1. The molecule has 6 N–H and O–H groups in total. The molecule has 0 radical (unpaired) electrons. The van der Waals surface area contributed by atoms with Crippen LogP contribution in [0.25, 0.3) is 0 Å². The summed E-state index contributed by atoms with van der Waals surface area (Å²) >= 11 is 0. The first kappa shape index (κ1) is 11.3. The standard InChI is InChI=1S/C5H8N2O6/c6-5(4(11)12,1-2(8)9)3(10)7-13/h13H,1,6H2,(H,7,10)(H,8,9)(H,11,12). The first-order valence-electron chi connectivity index (χ1n) is 3.03. The average Bonchev–Trinajstić information content (AvgIpc) is 2.01. The van der Waals surface area contributed by atoms with E-state index in [1.165, 1.54) is 0 Å². The Bertz CT molecular complexity index is 251. The summed E-state index contributed by atoms with van der Waals surface area (Å²) in [4.78, 5) is 31.2. The first-order chi connectivity index (χ1) is 5.84. The molecule has 74 valence electrons. The van der Waals surface area contributed by atoms with Gasteiger partial charge in [-0.25, -0.2) is 10.3 Å². The van der Waals surface area contributed by atoms with Crippen molar-refractivity contribution in [2.24, 2.45) is 5.73 Å². The second kappa shape index (κ2) is 3.83. The van der Waals surface area contributed by atoms with Crippen LogP contribution in [-0.4, -0.2) is 38.8 Å². The van der Waals surface area contributed by atoms with Crippen LogP contribution in [0.4, 0.5) is 0 Å². The van der Waals surface area contributed by atoms with E-state index in [2.05, 4.69) is 0 Å². The zero-order valence-electron chi connectivity index (χ0n) is 6.35. The molecule has 0 aliphatic rings. The number of carbonyl (C=O) groups excluding carboxylic acids is 1. The van der Waals surface area contributed by atoms with Crippen molar-refractivity contribution in [3.8, 4) is 0 Å². The number of carbonyl (C=O) groups is 3. The maximum absolute atomic E-state index is 10.7. The van der Waals surface area contributed by atoms with Gasteiger partial charge in [0.1, 0.15) is 0 Å². The summed E-state index contributed by atoms with van der Waals surface area (Å²) in [5, 5.41) is 24.8. The van der Waals surface area contributed by atoms with Gasteiger partial charge in [0.25, 0.3) is 5.91 Å². The second-order valence-corrected chi connectivity index (χ2v) is 2.29. The summed E-state index contributed by atoms with van der Waals surface area (Å²) in [6.45, 7) is 0. The molecule has 0 fully saturated rings. The van der Waals surface area contributed by atoms with E-state index in [1.54, 1.807) is 0 Å². The number of carboxylic acids is 2. The van der Waals surface area contributed by atoms with Gasteiger partial charge in [-0.1, -0.05) is 0 Å². The lowest BCUT2D eigenvalue weighted by Gasteiger charge is -2.19. The van der Waals surface area contributed by atoms with Gasteiger partial charge in [0.2, 0.25) is 5.54 Å². The van der Waals surface area contributed by atoms with Crippen molar-refractivity contribution in [2.45, 2.75) is 12.0 Å². The van der Waals surface area contributed by atoms with Crippen molar-refractivity contribution in [3.63, 3.8) is 0 Å². The van der Waals surface area contributed by atoms with Crippen molar-refractivity contribution >= 4 is 17.8 Å². The van der Waals surface area contributed by atoms with Crippen LogP contribution in [-0.2, 0) is 14.4 Å². The fourth-order valence-electron chi connectivity index (χ4n) is 0.591. The Morgan fingerprint density at radius 2 is 1.77 bits per heavy atom. The Balaban J connectivity index is 4.83. The zero-order valence-corrected chi connectivity index (χ0v) is 6.35. The van der Waals surface area contributed by atoms with E-state index >= 15 is 0 Å². The third-order valence-corrected chi connectivity index (χ3v) is 1.32. The molecule has 0 rings (SSSR count). The van der Waals surface area contributed by atoms with Crippen molar-refractivity contribution in [2.75, 3.05) is 0 Å². The van der Waals surface area contributed by atoms with E-state index in [1.807, 2.05) is 0 Å². The predicted octanol–water partition coefficient (Wildman–Crippen LogP) is -2.25. The molecule has 0 aliphatic heterocycles. The molecule has 0 aromatic carbocycles. The van der Waals surface area contributed by atoms with Crippen LogP contribution in [0.5, 0.6) is 0 Å². The normalized spacial score (nSPS) is 14.3.